The van der Waals surface area contributed by atoms with Crippen LogP contribution in [0.4, 0.5) is 10.5 Å². The van der Waals surface area contributed by atoms with Crippen molar-refractivity contribution in [1.82, 2.24) is 10.6 Å². The Balaban J connectivity index is 1.90. The first-order chi connectivity index (χ1) is 9.66. The summed E-state index contributed by atoms with van der Waals surface area (Å²) in [5.41, 5.74) is 2.45. The van der Waals surface area contributed by atoms with Gasteiger partial charge in [0.15, 0.2) is 0 Å². The highest BCUT2D eigenvalue weighted by atomic mass is 16.2. The van der Waals surface area contributed by atoms with Crippen molar-refractivity contribution in [3.8, 4) is 0 Å². The molecule has 4 heteroatoms. The zero-order valence-corrected chi connectivity index (χ0v) is 12.5. The summed E-state index contributed by atoms with van der Waals surface area (Å²) in [4.78, 5) is 14.1. The van der Waals surface area contributed by atoms with Gasteiger partial charge in [-0.25, -0.2) is 4.79 Å². The van der Waals surface area contributed by atoms with Crippen LogP contribution in [-0.4, -0.2) is 25.7 Å². The zero-order valence-electron chi connectivity index (χ0n) is 12.5. The van der Waals surface area contributed by atoms with Crippen molar-refractivity contribution in [2.75, 3.05) is 24.5 Å². The Bertz CT molecular complexity index is 439. The molecule has 0 bridgehead atoms. The Morgan fingerprint density at radius 1 is 1.20 bits per heavy atom. The van der Waals surface area contributed by atoms with Crippen LogP contribution in [0.25, 0.3) is 0 Å². The topological polar surface area (TPSA) is 44.4 Å². The average molecular weight is 275 g/mol. The van der Waals surface area contributed by atoms with E-state index in [0.29, 0.717) is 19.0 Å². The third-order valence-electron chi connectivity index (χ3n) is 3.55. The molecule has 0 spiro atoms. The van der Waals surface area contributed by atoms with Gasteiger partial charge in [-0.1, -0.05) is 32.0 Å². The molecule has 0 atom stereocenters. The quantitative estimate of drug-likeness (QED) is 0.868. The predicted octanol–water partition coefficient (Wildman–Crippen LogP) is 2.74. The van der Waals surface area contributed by atoms with E-state index in [9.17, 15) is 4.79 Å². The van der Waals surface area contributed by atoms with Crippen LogP contribution in [0.15, 0.2) is 24.3 Å². The van der Waals surface area contributed by atoms with E-state index in [0.717, 1.165) is 13.1 Å². The van der Waals surface area contributed by atoms with Crippen molar-refractivity contribution >= 4 is 11.7 Å². The van der Waals surface area contributed by atoms with E-state index < -0.39 is 0 Å². The Kier molecular flexibility index (Phi) is 5.27. The summed E-state index contributed by atoms with van der Waals surface area (Å²) in [5.74, 6) is 0.470. The Labute approximate surface area is 121 Å². The molecule has 1 heterocycles. The van der Waals surface area contributed by atoms with Gasteiger partial charge in [0.25, 0.3) is 0 Å². The molecule has 1 aliphatic rings. The summed E-state index contributed by atoms with van der Waals surface area (Å²) >= 11 is 0. The van der Waals surface area contributed by atoms with E-state index in [1.807, 2.05) is 6.07 Å². The van der Waals surface area contributed by atoms with Crippen molar-refractivity contribution in [3.05, 3.63) is 29.8 Å². The third kappa shape index (κ3) is 4.15. The van der Waals surface area contributed by atoms with Gasteiger partial charge in [-0.2, -0.15) is 0 Å². The van der Waals surface area contributed by atoms with Crippen LogP contribution >= 0.6 is 0 Å². The number of urea groups is 1. The van der Waals surface area contributed by atoms with Gasteiger partial charge < -0.3 is 15.5 Å². The van der Waals surface area contributed by atoms with Crippen LogP contribution in [0.1, 0.15) is 32.3 Å². The Morgan fingerprint density at radius 2 is 1.90 bits per heavy atom. The zero-order chi connectivity index (χ0) is 14.4. The number of rotatable bonds is 5. The summed E-state index contributed by atoms with van der Waals surface area (Å²) < 4.78 is 0. The summed E-state index contributed by atoms with van der Waals surface area (Å²) in [6.45, 7) is 7.70. The molecule has 20 heavy (non-hydrogen) atoms. The molecule has 0 aliphatic carbocycles. The van der Waals surface area contributed by atoms with Crippen LogP contribution in [0.3, 0.4) is 0 Å². The van der Waals surface area contributed by atoms with Gasteiger partial charge in [-0.05, 0) is 30.4 Å². The lowest BCUT2D eigenvalue weighted by molar-refractivity contribution is 0.239. The summed E-state index contributed by atoms with van der Waals surface area (Å²) in [6, 6.07) is 8.25. The van der Waals surface area contributed by atoms with E-state index in [2.05, 4.69) is 47.6 Å². The molecular formula is C16H25N3O. The molecule has 2 N–H and O–H groups in total. The second-order valence-electron chi connectivity index (χ2n) is 5.78. The molecule has 4 nitrogen and oxygen atoms in total. The largest absolute Gasteiger partial charge is 0.371 e. The minimum atomic E-state index is -0.0880. The number of carbonyl (C=O) groups excluding carboxylic acids is 1. The number of anilines is 1. The van der Waals surface area contributed by atoms with Crippen LogP contribution in [0.5, 0.6) is 0 Å². The minimum Gasteiger partial charge on any atom is -0.371 e. The van der Waals surface area contributed by atoms with E-state index in [4.69, 9.17) is 0 Å². The van der Waals surface area contributed by atoms with Crippen molar-refractivity contribution in [3.63, 3.8) is 0 Å². The molecule has 1 aromatic rings. The lowest BCUT2D eigenvalue weighted by Gasteiger charge is -2.21. The van der Waals surface area contributed by atoms with E-state index in [1.54, 1.807) is 0 Å². The Hall–Kier alpha value is -1.71. The first-order valence-electron chi connectivity index (χ1n) is 7.51. The number of hydrogen-bond acceptors (Lipinski definition) is 2. The fourth-order valence-electron chi connectivity index (χ4n) is 2.46. The Morgan fingerprint density at radius 3 is 2.60 bits per heavy atom. The smallest absolute Gasteiger partial charge is 0.315 e. The average Bonchev–Trinajstić information content (AvgIpc) is 2.97. The fourth-order valence-corrected chi connectivity index (χ4v) is 2.46. The van der Waals surface area contributed by atoms with Crippen LogP contribution in [0, 0.1) is 5.92 Å². The SMILES string of the molecule is CC(C)CNC(=O)NCc1ccccc1N1CCCC1. The lowest BCUT2D eigenvalue weighted by Crippen LogP contribution is -2.37. The molecule has 2 amide bonds. The van der Waals surface area contributed by atoms with Crippen molar-refractivity contribution in [1.29, 1.82) is 0 Å². The molecule has 0 aromatic heterocycles. The van der Waals surface area contributed by atoms with Crippen molar-refractivity contribution in [2.24, 2.45) is 5.92 Å². The highest BCUT2D eigenvalue weighted by Gasteiger charge is 2.15. The van der Waals surface area contributed by atoms with Gasteiger partial charge in [0, 0.05) is 31.9 Å². The highest BCUT2D eigenvalue weighted by molar-refractivity contribution is 5.74. The number of para-hydroxylation sites is 1. The molecular weight excluding hydrogens is 250 g/mol. The maximum Gasteiger partial charge on any atom is 0.315 e. The normalized spacial score (nSPS) is 14.7. The molecule has 0 unspecified atom stereocenters. The second kappa shape index (κ2) is 7.17. The first kappa shape index (κ1) is 14.7. The van der Waals surface area contributed by atoms with Crippen LogP contribution in [0.2, 0.25) is 0 Å². The molecule has 1 saturated heterocycles. The van der Waals surface area contributed by atoms with E-state index in [1.165, 1.54) is 24.1 Å². The van der Waals surface area contributed by atoms with Gasteiger partial charge >= 0.3 is 6.03 Å². The number of amides is 2. The van der Waals surface area contributed by atoms with Gasteiger partial charge in [-0.3, -0.25) is 0 Å². The number of hydrogen-bond donors (Lipinski definition) is 2. The van der Waals surface area contributed by atoms with Gasteiger partial charge in [0.2, 0.25) is 0 Å². The van der Waals surface area contributed by atoms with E-state index >= 15 is 0 Å². The molecule has 1 fully saturated rings. The first-order valence-corrected chi connectivity index (χ1v) is 7.51. The lowest BCUT2D eigenvalue weighted by atomic mass is 10.1. The molecule has 1 aliphatic heterocycles. The molecule has 0 saturated carbocycles. The summed E-state index contributed by atoms with van der Waals surface area (Å²) in [5, 5.41) is 5.82. The van der Waals surface area contributed by atoms with Crippen molar-refractivity contribution in [2.45, 2.75) is 33.2 Å². The minimum absolute atomic E-state index is 0.0880. The predicted molar refractivity (Wildman–Crippen MR) is 83.0 cm³/mol. The molecule has 2 rings (SSSR count). The molecule has 110 valence electrons. The number of nitrogens with one attached hydrogen (secondary N) is 2. The number of benzene rings is 1. The summed E-state index contributed by atoms with van der Waals surface area (Å²) in [7, 11) is 0. The van der Waals surface area contributed by atoms with Gasteiger partial charge in [0.05, 0.1) is 0 Å². The molecule has 1 aromatic carbocycles. The number of carbonyl (C=O) groups is 1. The highest BCUT2D eigenvalue weighted by Crippen LogP contribution is 2.24. The standard InChI is InChI=1S/C16H25N3O/c1-13(2)11-17-16(20)18-12-14-7-3-4-8-15(14)19-9-5-6-10-19/h3-4,7-8,13H,5-6,9-12H2,1-2H3,(H2,17,18,20). The second-order valence-corrected chi connectivity index (χ2v) is 5.78. The van der Waals surface area contributed by atoms with E-state index in [-0.39, 0.29) is 6.03 Å². The number of nitrogens with zero attached hydrogens (tertiary/aromatic N) is 1. The molecule has 0 radical (unpaired) electrons. The third-order valence-corrected chi connectivity index (χ3v) is 3.55. The van der Waals surface area contributed by atoms with Gasteiger partial charge in [-0.15, -0.1) is 0 Å². The van der Waals surface area contributed by atoms with Crippen LogP contribution in [-0.2, 0) is 6.54 Å². The monoisotopic (exact) mass is 275 g/mol. The van der Waals surface area contributed by atoms with Crippen molar-refractivity contribution < 1.29 is 4.79 Å². The maximum atomic E-state index is 11.7. The fraction of sp³-hybridized carbons (Fsp3) is 0.562. The van der Waals surface area contributed by atoms with Crippen LogP contribution < -0.4 is 15.5 Å². The van der Waals surface area contributed by atoms with Gasteiger partial charge in [0.1, 0.15) is 0 Å². The summed E-state index contributed by atoms with van der Waals surface area (Å²) in [6.07, 6.45) is 2.52. The maximum absolute atomic E-state index is 11.7.